The number of nitrogens with zero attached hydrogens (tertiary/aromatic N) is 2. The summed E-state index contributed by atoms with van der Waals surface area (Å²) in [4.78, 5) is 174. The van der Waals surface area contributed by atoms with E-state index in [1.54, 1.807) is 97.1 Å². The number of alkyl carbamates (subject to hydrolysis) is 1. The standard InChI is InChI=1S/C39H45N3O8.C34H54N8O7.C10H21N5O2.ClH.2H2/c1-38(2,3)50-33(43)23-32(41-37(48)49-24-30-28-18-10-8-16-26(28)27-17-9-11-19-29(27)30)34(44)40-31(22-25-14-6-4-7-15-25)35(45)42-39(36(46)47)20-12-5-13-21-39;1-22(43)21-39-29(46)25(15-12-18-38-32(36)37-5)41-31(48)34(16-10-7-11-17-34)42-30(47)26(19-23-13-8-6-9-14-23)40-28(45)24(35)20-27(44)49-33(2,3)4;1-7(16)6-15-9(17)8(11)4-3-5-14-10(12)13-2;;;/h4,6-11,14-19,30-32H,5,12-13,20-24H2,1-3H3,(H,40,44)(H,41,48)(H,42,45)(H,46,47);6,8-9,13-14,24-26H,7,10-12,15-21,35H2,1-5H3,(H,39,46)(H,40,45)(H,41,48)(H,42,47)(H3,36,37,38);8H,3-6,11H2,1-2H3,(H,15,17)(H3,12,13,14);3*1H/t31-,32+;24-,25-,26+;8-;;;/m100.../s1/i;;;;2*1+1. The van der Waals surface area contributed by atoms with Crippen molar-refractivity contribution in [3.8, 4) is 11.1 Å². The van der Waals surface area contributed by atoms with E-state index in [4.69, 9.17) is 31.4 Å². The summed E-state index contributed by atoms with van der Waals surface area (Å²) in [6.07, 6.45) is 5.75. The Morgan fingerprint density at radius 2 is 0.932 bits per heavy atom. The highest BCUT2D eigenvalue weighted by Gasteiger charge is 2.46. The van der Waals surface area contributed by atoms with Crippen LogP contribution in [0.4, 0.5) is 4.79 Å². The Bertz CT molecular complexity index is 4020. The highest BCUT2D eigenvalue weighted by molar-refractivity contribution is 5.99. The molecule has 8 amide bonds. The third-order valence-electron chi connectivity index (χ3n) is 19.2. The van der Waals surface area contributed by atoms with Crippen molar-refractivity contribution >= 4 is 88.8 Å². The lowest BCUT2D eigenvalue weighted by molar-refractivity contribution is -0.405. The monoisotopic (exact) mass is 1650 g/mol. The second-order valence-corrected chi connectivity index (χ2v) is 31.2. The van der Waals surface area contributed by atoms with E-state index in [1.165, 1.54) is 20.9 Å². The number of carboxylic acids is 1. The van der Waals surface area contributed by atoms with Crippen LogP contribution in [0.25, 0.3) is 11.1 Å². The van der Waals surface area contributed by atoms with Gasteiger partial charge in [0.1, 0.15) is 64.6 Å². The number of carbonyl (C=O) groups excluding carboxylic acids is 12. The molecule has 0 heterocycles. The van der Waals surface area contributed by atoms with Gasteiger partial charge in [-0.15, -0.1) is 0 Å². The number of esters is 2. The molecule has 0 unspecified atom stereocenters. The lowest BCUT2D eigenvalue weighted by atomic mass is 9.80. The molecule has 0 aromatic heterocycles. The predicted octanol–water partition coefficient (Wildman–Crippen LogP) is 0.465. The van der Waals surface area contributed by atoms with Crippen molar-refractivity contribution in [3.63, 3.8) is 0 Å². The molecule has 646 valence electrons. The number of fused-ring (bicyclic) bond motifs is 3. The van der Waals surface area contributed by atoms with Gasteiger partial charge < -0.3 is 108 Å². The van der Waals surface area contributed by atoms with Crippen LogP contribution >= 0.6 is 0 Å². The number of nitrogens with one attached hydrogen (secondary N) is 10. The summed E-state index contributed by atoms with van der Waals surface area (Å²) in [7, 11) is 3.13. The maximum absolute atomic E-state index is 14.1. The number of aliphatic carboxylic acids is 1. The zero-order valence-corrected chi connectivity index (χ0v) is 69.6. The van der Waals surface area contributed by atoms with E-state index in [2.05, 4.69) is 68.9 Å². The maximum atomic E-state index is 14.1. The second-order valence-electron chi connectivity index (χ2n) is 31.2. The number of benzene rings is 4. The summed E-state index contributed by atoms with van der Waals surface area (Å²) in [5.41, 5.74) is 22.1. The maximum Gasteiger partial charge on any atom is 0.407 e. The summed E-state index contributed by atoms with van der Waals surface area (Å²) in [5.74, 6) is -6.59. The molecule has 7 rings (SSSR count). The molecule has 33 nitrogen and oxygen atoms in total. The van der Waals surface area contributed by atoms with E-state index in [9.17, 15) is 67.4 Å². The van der Waals surface area contributed by atoms with Crippen LogP contribution in [-0.4, -0.2) is 199 Å². The molecule has 2 saturated carbocycles. The van der Waals surface area contributed by atoms with Crippen LogP contribution in [0.3, 0.4) is 0 Å². The third kappa shape index (κ3) is 34.3. The van der Waals surface area contributed by atoms with Crippen LogP contribution in [0.15, 0.2) is 119 Å². The topological polar surface area (TPSA) is 521 Å². The molecule has 4 aromatic rings. The number of guanidine groups is 2. The number of hydrogen-bond donors (Lipinski definition) is 15. The first kappa shape index (κ1) is 98.3. The molecule has 0 spiro atoms. The minimum absolute atomic E-state index is 0. The molecule has 34 heteroatoms. The zero-order valence-electron chi connectivity index (χ0n) is 68.9. The lowest BCUT2D eigenvalue weighted by Crippen LogP contribution is -3.00. The first-order valence-electron chi connectivity index (χ1n) is 39.3. The number of rotatable bonds is 36. The Balaban J connectivity index is 0.000000662. The van der Waals surface area contributed by atoms with Gasteiger partial charge >= 0.3 is 24.0 Å². The smallest absolute Gasteiger partial charge is 0.407 e. The number of nitrogens with two attached hydrogens (primary N) is 3. The molecular formula is C83H125ClN16O17. The lowest BCUT2D eigenvalue weighted by Gasteiger charge is -2.38. The molecule has 6 atom stereocenters. The van der Waals surface area contributed by atoms with Gasteiger partial charge in [-0.3, -0.25) is 62.7 Å². The van der Waals surface area contributed by atoms with Gasteiger partial charge in [0.15, 0.2) is 18.0 Å². The summed E-state index contributed by atoms with van der Waals surface area (Å²) < 4.78 is 16.4. The van der Waals surface area contributed by atoms with E-state index in [1.807, 2.05) is 60.7 Å². The van der Waals surface area contributed by atoms with Crippen LogP contribution < -0.4 is 88.5 Å². The predicted molar refractivity (Wildman–Crippen MR) is 440 cm³/mol. The average molecular weight is 1660 g/mol. The highest BCUT2D eigenvalue weighted by atomic mass is 35.5. The van der Waals surface area contributed by atoms with Crippen molar-refractivity contribution in [2.75, 3.05) is 46.9 Å². The quantitative estimate of drug-likeness (QED) is 0.00967. The van der Waals surface area contributed by atoms with Gasteiger partial charge in [0.2, 0.25) is 35.4 Å². The Morgan fingerprint density at radius 3 is 1.38 bits per heavy atom. The number of amides is 8. The van der Waals surface area contributed by atoms with E-state index in [-0.39, 0.29) is 102 Å². The van der Waals surface area contributed by atoms with Gasteiger partial charge in [-0.1, -0.05) is 148 Å². The first-order chi connectivity index (χ1) is 54.9. The van der Waals surface area contributed by atoms with Crippen LogP contribution in [0, 0.1) is 0 Å². The fourth-order valence-electron chi connectivity index (χ4n) is 13.3. The summed E-state index contributed by atoms with van der Waals surface area (Å²) >= 11 is 0. The Morgan fingerprint density at radius 1 is 0.513 bits per heavy atom. The minimum Gasteiger partial charge on any atom is -1.00 e. The van der Waals surface area contributed by atoms with E-state index < -0.39 is 125 Å². The van der Waals surface area contributed by atoms with E-state index in [0.717, 1.165) is 47.1 Å². The number of ether oxygens (including phenoxy) is 3. The Hall–Kier alpha value is -11.1. The molecule has 3 aliphatic rings. The average Bonchev–Trinajstić information content (AvgIpc) is 1.63. The van der Waals surface area contributed by atoms with Gasteiger partial charge in [0.25, 0.3) is 5.91 Å². The number of quaternary nitrogens is 1. The number of halogens is 1. The van der Waals surface area contributed by atoms with Crippen molar-refractivity contribution in [2.24, 2.45) is 27.2 Å². The van der Waals surface area contributed by atoms with Gasteiger partial charge in [-0.05, 0) is 134 Å². The molecule has 0 aliphatic heterocycles. The first-order valence-corrected chi connectivity index (χ1v) is 39.3. The van der Waals surface area contributed by atoms with Crippen molar-refractivity contribution in [2.45, 2.75) is 235 Å². The fourth-order valence-corrected chi connectivity index (χ4v) is 13.3. The second kappa shape index (κ2) is 48.5. The number of aliphatic imine (C=N–C) groups is 2. The van der Waals surface area contributed by atoms with Crippen LogP contribution in [-0.2, 0) is 84.6 Å². The molecule has 4 aromatic carbocycles. The van der Waals surface area contributed by atoms with Gasteiger partial charge in [0, 0.05) is 55.2 Å². The zero-order chi connectivity index (χ0) is 85.8. The van der Waals surface area contributed by atoms with Gasteiger partial charge in [-0.2, -0.15) is 0 Å². The number of carboxylic acid groups (broad SMARTS) is 1. The number of carbonyl (C=O) groups is 13. The van der Waals surface area contributed by atoms with Crippen molar-refractivity contribution < 1.29 is 103 Å². The Labute approximate surface area is 693 Å². The van der Waals surface area contributed by atoms with E-state index in [0.29, 0.717) is 76.0 Å². The summed E-state index contributed by atoms with van der Waals surface area (Å²) in [6, 6.07) is 27.3. The van der Waals surface area contributed by atoms with Crippen LogP contribution in [0.5, 0.6) is 0 Å². The fraction of sp³-hybridized carbons (Fsp3) is 0.530. The normalized spacial score (nSPS) is 15.6. The minimum atomic E-state index is -1.46. The van der Waals surface area contributed by atoms with Gasteiger partial charge in [0.05, 0.1) is 32.0 Å². The van der Waals surface area contributed by atoms with Crippen molar-refractivity contribution in [1.29, 1.82) is 0 Å². The van der Waals surface area contributed by atoms with Crippen molar-refractivity contribution in [3.05, 3.63) is 131 Å². The molecule has 20 N–H and O–H groups in total. The van der Waals surface area contributed by atoms with Gasteiger partial charge in [-0.25, -0.2) is 9.59 Å². The largest absolute Gasteiger partial charge is 1.00 e. The third-order valence-corrected chi connectivity index (χ3v) is 19.2. The SMILES string of the molecule is CC(C)(C)OC(=O)C[C@H](NC(=O)OCC1c2ccccc2-c2ccccc21)C(=O)N[C@H](Cc1ccccc1)C(=O)NC1(C(=O)O)CCCCC1.CN=C(N)NCCC[C@H](NC(=O)C1(NC(=O)[C@@H](Cc2ccccc2)NC(=O)[C@@H](N)CC(=O)OC(C)(C)C)CCCCC1)C(=O)NCC(C)=O.CN=C(N)NCCC[C@H]([NH3+])C(=O)NCC(C)=O.[2HH].[2HH].[Cl-]. The molecule has 2 fully saturated rings. The molecule has 117 heavy (non-hydrogen) atoms. The molecule has 3 aliphatic carbocycles. The molecular weight excluding hydrogens is 1530 g/mol. The number of Topliss-reactive ketones (excluding diaryl/α,β-unsaturated/α-hetero) is 2. The number of ketones is 2. The highest BCUT2D eigenvalue weighted by Crippen LogP contribution is 2.44. The van der Waals surface area contributed by atoms with E-state index >= 15 is 0 Å². The van der Waals surface area contributed by atoms with Crippen LogP contribution in [0.1, 0.15) is 189 Å². The molecule has 0 saturated heterocycles. The Kier molecular flexibility index (Phi) is 40.7. The van der Waals surface area contributed by atoms with Crippen molar-refractivity contribution in [1.82, 2.24) is 53.2 Å². The number of hydrogen-bond acceptors (Lipinski definition) is 19. The summed E-state index contributed by atoms with van der Waals surface area (Å²) in [5, 5.41) is 37.3. The molecule has 0 bridgehead atoms. The summed E-state index contributed by atoms with van der Waals surface area (Å²) in [6.45, 7) is 13.8. The van der Waals surface area contributed by atoms with Crippen LogP contribution in [0.2, 0.25) is 0 Å². The molecule has 0 radical (unpaired) electrons.